The molecule has 1 aliphatic carbocycles. The van der Waals surface area contributed by atoms with E-state index in [1.54, 1.807) is 12.1 Å². The molecule has 0 heterocycles. The molecule has 0 saturated heterocycles. The Morgan fingerprint density at radius 2 is 2.07 bits per heavy atom. The SMILES string of the molecule is N[C@]1(C(=O)O)C[C@H]1c1ccc(F)cc1. The fraction of sp³-hybridized carbons (Fsp3) is 0.300. The molecule has 0 aromatic heterocycles. The van der Waals surface area contributed by atoms with E-state index in [1.165, 1.54) is 12.1 Å². The van der Waals surface area contributed by atoms with Crippen molar-refractivity contribution in [2.45, 2.75) is 17.9 Å². The minimum absolute atomic E-state index is 0.180. The van der Waals surface area contributed by atoms with Crippen LogP contribution in [0.1, 0.15) is 17.9 Å². The van der Waals surface area contributed by atoms with Gasteiger partial charge in [0.05, 0.1) is 0 Å². The Morgan fingerprint density at radius 3 is 2.50 bits per heavy atom. The van der Waals surface area contributed by atoms with Crippen molar-refractivity contribution in [1.29, 1.82) is 0 Å². The van der Waals surface area contributed by atoms with Gasteiger partial charge in [-0.2, -0.15) is 0 Å². The molecule has 0 radical (unpaired) electrons. The molecule has 0 unspecified atom stereocenters. The van der Waals surface area contributed by atoms with Crippen LogP contribution in [-0.4, -0.2) is 16.6 Å². The number of carbonyl (C=O) groups is 1. The van der Waals surface area contributed by atoms with Gasteiger partial charge in [0.15, 0.2) is 0 Å². The van der Waals surface area contributed by atoms with Crippen LogP contribution in [0.5, 0.6) is 0 Å². The van der Waals surface area contributed by atoms with Crippen molar-refractivity contribution in [3.63, 3.8) is 0 Å². The van der Waals surface area contributed by atoms with Crippen LogP contribution in [0.25, 0.3) is 0 Å². The highest BCUT2D eigenvalue weighted by Crippen LogP contribution is 2.49. The fourth-order valence-corrected chi connectivity index (χ4v) is 1.63. The topological polar surface area (TPSA) is 63.3 Å². The number of benzene rings is 1. The zero-order valence-electron chi connectivity index (χ0n) is 7.40. The van der Waals surface area contributed by atoms with Gasteiger partial charge in [0.1, 0.15) is 11.4 Å². The lowest BCUT2D eigenvalue weighted by atomic mass is 10.1. The maximum absolute atomic E-state index is 12.6. The highest BCUT2D eigenvalue weighted by atomic mass is 19.1. The highest BCUT2D eigenvalue weighted by molar-refractivity contribution is 5.84. The lowest BCUT2D eigenvalue weighted by molar-refractivity contribution is -0.139. The first-order chi connectivity index (χ1) is 6.54. The lowest BCUT2D eigenvalue weighted by Crippen LogP contribution is -2.34. The van der Waals surface area contributed by atoms with E-state index in [2.05, 4.69) is 0 Å². The summed E-state index contributed by atoms with van der Waals surface area (Å²) in [6.45, 7) is 0. The highest BCUT2D eigenvalue weighted by Gasteiger charge is 2.58. The van der Waals surface area contributed by atoms with Gasteiger partial charge in [-0.15, -0.1) is 0 Å². The van der Waals surface area contributed by atoms with Crippen molar-refractivity contribution >= 4 is 5.97 Å². The second-order valence-electron chi connectivity index (χ2n) is 3.65. The summed E-state index contributed by atoms with van der Waals surface area (Å²) in [6, 6.07) is 5.79. The smallest absolute Gasteiger partial charge is 0.324 e. The maximum Gasteiger partial charge on any atom is 0.324 e. The fourth-order valence-electron chi connectivity index (χ4n) is 1.63. The third-order valence-corrected chi connectivity index (χ3v) is 2.67. The zero-order valence-corrected chi connectivity index (χ0v) is 7.40. The first kappa shape index (κ1) is 9.15. The van der Waals surface area contributed by atoms with E-state index in [4.69, 9.17) is 10.8 Å². The Labute approximate surface area is 80.3 Å². The Morgan fingerprint density at radius 1 is 1.50 bits per heavy atom. The normalized spacial score (nSPS) is 30.0. The molecule has 3 N–H and O–H groups in total. The molecule has 1 saturated carbocycles. The molecule has 2 rings (SSSR count). The third-order valence-electron chi connectivity index (χ3n) is 2.67. The van der Waals surface area contributed by atoms with E-state index in [0.29, 0.717) is 6.42 Å². The summed E-state index contributed by atoms with van der Waals surface area (Å²) in [5.74, 6) is -1.50. The van der Waals surface area contributed by atoms with Crippen molar-refractivity contribution in [2.75, 3.05) is 0 Å². The quantitative estimate of drug-likeness (QED) is 0.742. The van der Waals surface area contributed by atoms with Crippen molar-refractivity contribution in [2.24, 2.45) is 5.73 Å². The second kappa shape index (κ2) is 2.78. The van der Waals surface area contributed by atoms with Gasteiger partial charge in [-0.25, -0.2) is 4.39 Å². The number of aliphatic carboxylic acids is 1. The van der Waals surface area contributed by atoms with Crippen molar-refractivity contribution in [1.82, 2.24) is 0 Å². The van der Waals surface area contributed by atoms with E-state index in [1.807, 2.05) is 0 Å². The van der Waals surface area contributed by atoms with Crippen molar-refractivity contribution < 1.29 is 14.3 Å². The second-order valence-corrected chi connectivity index (χ2v) is 3.65. The van der Waals surface area contributed by atoms with Crippen LogP contribution in [-0.2, 0) is 4.79 Å². The summed E-state index contributed by atoms with van der Waals surface area (Å²) in [5, 5.41) is 8.80. The Balaban J connectivity index is 2.21. The predicted molar refractivity (Wildman–Crippen MR) is 48.3 cm³/mol. The van der Waals surface area contributed by atoms with Crippen LogP contribution < -0.4 is 5.73 Å². The van der Waals surface area contributed by atoms with Crippen LogP contribution in [0.3, 0.4) is 0 Å². The molecule has 14 heavy (non-hydrogen) atoms. The Kier molecular flexibility index (Phi) is 1.82. The minimum atomic E-state index is -1.14. The van der Waals surface area contributed by atoms with Gasteiger partial charge in [-0.05, 0) is 24.1 Å². The number of rotatable bonds is 2. The molecule has 0 amide bonds. The molecule has 0 aliphatic heterocycles. The Hall–Kier alpha value is -1.42. The summed E-state index contributed by atoms with van der Waals surface area (Å²) >= 11 is 0. The number of hydrogen-bond donors (Lipinski definition) is 2. The average Bonchev–Trinajstić information content (AvgIpc) is 2.81. The first-order valence-corrected chi connectivity index (χ1v) is 4.32. The van der Waals surface area contributed by atoms with Gasteiger partial charge >= 0.3 is 5.97 Å². The van der Waals surface area contributed by atoms with Crippen molar-refractivity contribution in [3.05, 3.63) is 35.6 Å². The van der Waals surface area contributed by atoms with Gasteiger partial charge in [0.2, 0.25) is 0 Å². The van der Waals surface area contributed by atoms with Crippen LogP contribution in [0.15, 0.2) is 24.3 Å². The molecule has 1 aromatic carbocycles. The van der Waals surface area contributed by atoms with E-state index < -0.39 is 11.5 Å². The van der Waals surface area contributed by atoms with E-state index >= 15 is 0 Å². The van der Waals surface area contributed by atoms with Crippen LogP contribution in [0, 0.1) is 5.82 Å². The summed E-state index contributed by atoms with van der Waals surface area (Å²) in [6.07, 6.45) is 0.425. The van der Waals surface area contributed by atoms with Gasteiger partial charge in [0.25, 0.3) is 0 Å². The number of carboxylic acids is 1. The third kappa shape index (κ3) is 1.28. The molecule has 2 atom stereocenters. The molecular weight excluding hydrogens is 185 g/mol. The van der Waals surface area contributed by atoms with E-state index in [-0.39, 0.29) is 11.7 Å². The largest absolute Gasteiger partial charge is 0.480 e. The zero-order chi connectivity index (χ0) is 10.3. The molecule has 4 heteroatoms. The summed E-state index contributed by atoms with van der Waals surface area (Å²) in [7, 11) is 0. The molecule has 1 fully saturated rings. The molecule has 1 aliphatic rings. The molecule has 74 valence electrons. The van der Waals surface area contributed by atoms with Gasteiger partial charge in [0, 0.05) is 5.92 Å². The van der Waals surface area contributed by atoms with Gasteiger partial charge in [-0.1, -0.05) is 12.1 Å². The van der Waals surface area contributed by atoms with Crippen LogP contribution in [0.2, 0.25) is 0 Å². The molecular formula is C10H10FNO2. The lowest BCUT2D eigenvalue weighted by Gasteiger charge is -2.04. The summed E-state index contributed by atoms with van der Waals surface area (Å²) < 4.78 is 12.6. The standard InChI is InChI=1S/C10H10FNO2/c11-7-3-1-6(2-4-7)8-5-10(8,12)9(13)14/h1-4,8H,5,12H2,(H,13,14)/t8-,10+/m0/s1. The predicted octanol–water partition coefficient (Wildman–Crippen LogP) is 1.10. The Bertz CT molecular complexity index is 376. The minimum Gasteiger partial charge on any atom is -0.480 e. The maximum atomic E-state index is 12.6. The molecule has 3 nitrogen and oxygen atoms in total. The van der Waals surface area contributed by atoms with Gasteiger partial charge < -0.3 is 10.8 Å². The first-order valence-electron chi connectivity index (χ1n) is 4.32. The van der Waals surface area contributed by atoms with Crippen LogP contribution in [0.4, 0.5) is 4.39 Å². The average molecular weight is 195 g/mol. The van der Waals surface area contributed by atoms with Crippen molar-refractivity contribution in [3.8, 4) is 0 Å². The number of hydrogen-bond acceptors (Lipinski definition) is 2. The molecule has 0 spiro atoms. The number of nitrogens with two attached hydrogens (primary N) is 1. The molecule has 0 bridgehead atoms. The number of carboxylic acid groups (broad SMARTS) is 1. The summed E-state index contributed by atoms with van der Waals surface area (Å²) in [5.41, 5.74) is 5.26. The monoisotopic (exact) mass is 195 g/mol. The van der Waals surface area contributed by atoms with Gasteiger partial charge in [-0.3, -0.25) is 4.79 Å². The van der Waals surface area contributed by atoms with Crippen LogP contribution >= 0.6 is 0 Å². The molecule has 1 aromatic rings. The summed E-state index contributed by atoms with van der Waals surface area (Å²) in [4.78, 5) is 10.7. The van der Waals surface area contributed by atoms with E-state index in [0.717, 1.165) is 5.56 Å². The number of halogens is 1. The van der Waals surface area contributed by atoms with E-state index in [9.17, 15) is 9.18 Å².